The van der Waals surface area contributed by atoms with Crippen LogP contribution < -0.4 is 21.3 Å². The molecule has 0 spiro atoms. The van der Waals surface area contributed by atoms with Gasteiger partial charge in [-0.2, -0.15) is 26.3 Å². The molecule has 184 valence electrons. The van der Waals surface area contributed by atoms with Crippen LogP contribution in [0.1, 0.15) is 0 Å². The Balaban J connectivity index is 1.48. The first-order chi connectivity index (χ1) is 17.1. The van der Waals surface area contributed by atoms with Crippen LogP contribution in [0.5, 0.6) is 0 Å². The molecule has 1 aliphatic rings. The molecule has 0 radical (unpaired) electrons. The quantitative estimate of drug-likeness (QED) is 0.147. The van der Waals surface area contributed by atoms with Crippen molar-refractivity contribution in [3.63, 3.8) is 0 Å². The fourth-order valence-electron chi connectivity index (χ4n) is 4.13. The number of fused-ring (bicyclic) bond motifs is 2. The van der Waals surface area contributed by atoms with Gasteiger partial charge in [-0.1, -0.05) is 48.5 Å². The lowest BCUT2D eigenvalue weighted by Crippen LogP contribution is -2.21. The second-order valence-electron chi connectivity index (χ2n) is 8.11. The fourth-order valence-corrected chi connectivity index (χ4v) is 4.13. The van der Waals surface area contributed by atoms with Gasteiger partial charge in [0, 0.05) is 22.5 Å². The number of benzene rings is 4. The predicted molar refractivity (Wildman–Crippen MR) is 130 cm³/mol. The van der Waals surface area contributed by atoms with Crippen LogP contribution in [-0.2, 0) is 0 Å². The number of nitrogens with one attached hydrogen (secondary N) is 4. The Labute approximate surface area is 202 Å². The summed E-state index contributed by atoms with van der Waals surface area (Å²) in [6.45, 7) is 0. The molecule has 0 atom stereocenters. The van der Waals surface area contributed by atoms with Crippen molar-refractivity contribution >= 4 is 34.1 Å². The predicted octanol–water partition coefficient (Wildman–Crippen LogP) is 8.68. The van der Waals surface area contributed by atoms with Crippen LogP contribution in [0.25, 0.3) is 22.3 Å². The molecule has 36 heavy (non-hydrogen) atoms. The average Bonchev–Trinajstić information content (AvgIpc) is 2.81. The van der Waals surface area contributed by atoms with Gasteiger partial charge in [0.1, 0.15) is 0 Å². The number of alkyl halides is 6. The van der Waals surface area contributed by atoms with Crippen molar-refractivity contribution < 1.29 is 26.3 Å². The molecule has 4 aromatic carbocycles. The van der Waals surface area contributed by atoms with Crippen molar-refractivity contribution in [1.29, 1.82) is 0 Å². The molecule has 0 bridgehead atoms. The molecule has 0 saturated heterocycles. The van der Waals surface area contributed by atoms with E-state index in [1.807, 2.05) is 0 Å². The maximum Gasteiger partial charge on any atom is 0.482 e. The molecule has 0 aliphatic carbocycles. The van der Waals surface area contributed by atoms with E-state index in [2.05, 4.69) is 10.6 Å². The van der Waals surface area contributed by atoms with Gasteiger partial charge in [0.2, 0.25) is 0 Å². The van der Waals surface area contributed by atoms with E-state index in [0.29, 0.717) is 45.0 Å². The minimum absolute atomic E-state index is 0.0785. The van der Waals surface area contributed by atoms with Gasteiger partial charge in [-0.05, 0) is 47.5 Å². The van der Waals surface area contributed by atoms with E-state index in [9.17, 15) is 26.3 Å². The average molecular weight is 500 g/mol. The zero-order valence-electron chi connectivity index (χ0n) is 18.4. The lowest BCUT2D eigenvalue weighted by Gasteiger charge is -2.25. The van der Waals surface area contributed by atoms with Crippen molar-refractivity contribution in [1.82, 2.24) is 0 Å². The van der Waals surface area contributed by atoms with Crippen LogP contribution in [0.15, 0.2) is 84.9 Å². The molecule has 10 heteroatoms. The number of hydrogen-bond donors (Lipinski definition) is 4. The molecule has 5 rings (SSSR count). The molecule has 0 unspecified atom stereocenters. The lowest BCUT2D eigenvalue weighted by molar-refractivity contribution is -0.101. The summed E-state index contributed by atoms with van der Waals surface area (Å²) in [7, 11) is 0. The number of para-hydroxylation sites is 2. The summed E-state index contributed by atoms with van der Waals surface area (Å²) in [5, 5.41) is 9.64. The van der Waals surface area contributed by atoms with E-state index in [1.54, 1.807) is 71.3 Å². The lowest BCUT2D eigenvalue weighted by atomic mass is 9.99. The van der Waals surface area contributed by atoms with Crippen LogP contribution in [0.2, 0.25) is 0 Å². The minimum Gasteiger partial charge on any atom is -0.352 e. The van der Waals surface area contributed by atoms with Crippen molar-refractivity contribution in [2.75, 3.05) is 21.3 Å². The normalized spacial score (nSPS) is 12.6. The highest BCUT2D eigenvalue weighted by Crippen LogP contribution is 2.44. The largest absolute Gasteiger partial charge is 0.482 e. The smallest absolute Gasteiger partial charge is 0.352 e. The molecular formula is C26H18F6N4. The topological polar surface area (TPSA) is 48.1 Å². The van der Waals surface area contributed by atoms with Gasteiger partial charge >= 0.3 is 12.6 Å². The molecule has 0 aromatic heterocycles. The fraction of sp³-hybridized carbons (Fsp3) is 0.0769. The highest BCUT2D eigenvalue weighted by molar-refractivity contribution is 5.95. The zero-order valence-corrected chi connectivity index (χ0v) is 18.4. The first-order valence-electron chi connectivity index (χ1n) is 10.8. The van der Waals surface area contributed by atoms with E-state index < -0.39 is 12.6 Å². The first kappa shape index (κ1) is 23.4. The standard InChI is InChI=1S/C26H18F6N4/c27-25(28,29)35-19-7-3-1-5-17(19)15-9-11-21-23(13-15)34-24-14-16(10-12-22(24)33-21)18-6-2-4-8-20(18)36-26(30,31)32/h1-14,33-36H. The van der Waals surface area contributed by atoms with E-state index in [1.165, 1.54) is 24.3 Å². The first-order valence-corrected chi connectivity index (χ1v) is 10.8. The monoisotopic (exact) mass is 500 g/mol. The van der Waals surface area contributed by atoms with E-state index in [4.69, 9.17) is 0 Å². The third kappa shape index (κ3) is 5.02. The van der Waals surface area contributed by atoms with Gasteiger partial charge < -0.3 is 10.6 Å². The van der Waals surface area contributed by atoms with Gasteiger partial charge in [-0.3, -0.25) is 10.6 Å². The Hall–Kier alpha value is -4.34. The van der Waals surface area contributed by atoms with Gasteiger partial charge in [0.05, 0.1) is 22.7 Å². The highest BCUT2D eigenvalue weighted by atomic mass is 19.4. The van der Waals surface area contributed by atoms with Crippen molar-refractivity contribution in [2.24, 2.45) is 0 Å². The Kier molecular flexibility index (Phi) is 5.66. The van der Waals surface area contributed by atoms with Crippen molar-refractivity contribution in [3.05, 3.63) is 84.9 Å². The van der Waals surface area contributed by atoms with Crippen LogP contribution in [0.4, 0.5) is 60.5 Å². The number of hydrogen-bond acceptors (Lipinski definition) is 4. The molecule has 1 heterocycles. The molecular weight excluding hydrogens is 482 g/mol. The summed E-state index contributed by atoms with van der Waals surface area (Å²) in [4.78, 5) is 0. The summed E-state index contributed by atoms with van der Waals surface area (Å²) < 4.78 is 77.8. The number of rotatable bonds is 4. The summed E-state index contributed by atoms with van der Waals surface area (Å²) in [6.07, 6.45) is -9.17. The maximum atomic E-state index is 13.0. The highest BCUT2D eigenvalue weighted by Gasteiger charge is 2.29. The molecule has 0 saturated carbocycles. The van der Waals surface area contributed by atoms with E-state index in [-0.39, 0.29) is 11.4 Å². The summed E-state index contributed by atoms with van der Waals surface area (Å²) in [5.74, 6) is 0. The second kappa shape index (κ2) is 8.71. The number of anilines is 6. The Bertz CT molecular complexity index is 1320. The van der Waals surface area contributed by atoms with Crippen molar-refractivity contribution in [3.8, 4) is 22.3 Å². The molecule has 0 amide bonds. The van der Waals surface area contributed by atoms with Gasteiger partial charge in [0.15, 0.2) is 0 Å². The van der Waals surface area contributed by atoms with Crippen molar-refractivity contribution in [2.45, 2.75) is 12.6 Å². The molecule has 1 aliphatic heterocycles. The molecule has 4 aromatic rings. The van der Waals surface area contributed by atoms with E-state index >= 15 is 0 Å². The van der Waals surface area contributed by atoms with Crippen LogP contribution in [0.3, 0.4) is 0 Å². The van der Waals surface area contributed by atoms with Crippen LogP contribution >= 0.6 is 0 Å². The van der Waals surface area contributed by atoms with Gasteiger partial charge in [-0.25, -0.2) is 0 Å². The Morgan fingerprint density at radius 3 is 1.28 bits per heavy atom. The van der Waals surface area contributed by atoms with Gasteiger partial charge in [-0.15, -0.1) is 0 Å². The number of halogens is 6. The van der Waals surface area contributed by atoms with E-state index in [0.717, 1.165) is 0 Å². The minimum atomic E-state index is -4.59. The maximum absolute atomic E-state index is 13.0. The summed E-state index contributed by atoms with van der Waals surface area (Å²) in [6, 6.07) is 22.6. The third-order valence-electron chi connectivity index (χ3n) is 5.61. The Morgan fingerprint density at radius 2 is 0.861 bits per heavy atom. The molecule has 4 N–H and O–H groups in total. The zero-order chi connectivity index (χ0) is 25.5. The summed E-state index contributed by atoms with van der Waals surface area (Å²) in [5.41, 5.74) is 4.32. The molecule has 0 fully saturated rings. The molecule has 4 nitrogen and oxygen atoms in total. The summed E-state index contributed by atoms with van der Waals surface area (Å²) >= 11 is 0. The van der Waals surface area contributed by atoms with Crippen LogP contribution in [-0.4, -0.2) is 12.6 Å². The van der Waals surface area contributed by atoms with Crippen LogP contribution in [0, 0.1) is 0 Å². The van der Waals surface area contributed by atoms with Gasteiger partial charge in [0.25, 0.3) is 0 Å². The Morgan fingerprint density at radius 1 is 0.472 bits per heavy atom. The third-order valence-corrected chi connectivity index (χ3v) is 5.61. The second-order valence-corrected chi connectivity index (χ2v) is 8.11. The SMILES string of the molecule is FC(F)(F)Nc1ccccc1-c1ccc2c(c1)Nc1cc(-c3ccccc3NC(F)(F)F)ccc1N2.